The maximum atomic E-state index is 4.94. The molecule has 0 fully saturated rings. The van der Waals surface area contributed by atoms with Crippen molar-refractivity contribution in [3.8, 4) is 11.4 Å². The summed E-state index contributed by atoms with van der Waals surface area (Å²) < 4.78 is 3.54. The van der Waals surface area contributed by atoms with Crippen LogP contribution < -0.4 is 5.19 Å². The number of hydrogen-bond donors (Lipinski definition) is 0. The predicted molar refractivity (Wildman–Crippen MR) is 111 cm³/mol. The Bertz CT molecular complexity index is 1030. The molecule has 0 spiro atoms. The van der Waals surface area contributed by atoms with Crippen molar-refractivity contribution in [3.63, 3.8) is 0 Å². The fourth-order valence-corrected chi connectivity index (χ4v) is 6.09. The van der Waals surface area contributed by atoms with Crippen molar-refractivity contribution >= 4 is 57.7 Å². The quantitative estimate of drug-likeness (QED) is 0.308. The highest BCUT2D eigenvalue weighted by atomic mass is 127. The normalized spacial score (nSPS) is 12.6. The zero-order valence-corrected chi connectivity index (χ0v) is 17.0. The number of para-hydroxylation sites is 1. The molecule has 23 heavy (non-hydrogen) atoms. The average Bonchev–Trinajstić information content (AvgIpc) is 2.85. The molecule has 0 radical (unpaired) electrons. The number of benzene rings is 2. The van der Waals surface area contributed by atoms with Crippen LogP contribution in [0.4, 0.5) is 0 Å². The fourth-order valence-electron chi connectivity index (χ4n) is 3.59. The SMILES string of the molecule is Cn1c2nc3ccccc3c-2c([Si](C)(C)C)c2cc(I)ccc21. The molecule has 0 unspecified atom stereocenters. The number of aromatic nitrogens is 2. The van der Waals surface area contributed by atoms with Gasteiger partial charge in [0.25, 0.3) is 0 Å². The van der Waals surface area contributed by atoms with Crippen LogP contribution in [0.15, 0.2) is 42.5 Å². The van der Waals surface area contributed by atoms with E-state index < -0.39 is 8.07 Å². The van der Waals surface area contributed by atoms with Crippen molar-refractivity contribution < 1.29 is 0 Å². The Morgan fingerprint density at radius 1 is 1.00 bits per heavy atom. The summed E-state index contributed by atoms with van der Waals surface area (Å²) in [5, 5.41) is 4.22. The first-order chi connectivity index (χ1) is 10.9. The van der Waals surface area contributed by atoms with Gasteiger partial charge in [-0.05, 0) is 57.4 Å². The Morgan fingerprint density at radius 3 is 2.48 bits per heavy atom. The summed E-state index contributed by atoms with van der Waals surface area (Å²) in [4.78, 5) is 4.94. The molecule has 0 aromatic heterocycles. The summed E-state index contributed by atoms with van der Waals surface area (Å²) in [7, 11) is 0.591. The highest BCUT2D eigenvalue weighted by molar-refractivity contribution is 14.1. The molecule has 0 saturated carbocycles. The van der Waals surface area contributed by atoms with Crippen LogP contribution in [0, 0.1) is 3.57 Å². The molecule has 2 heterocycles. The number of aryl methyl sites for hydroxylation is 1. The van der Waals surface area contributed by atoms with E-state index >= 15 is 0 Å². The van der Waals surface area contributed by atoms with E-state index in [0.717, 1.165) is 11.3 Å². The lowest BCUT2D eigenvalue weighted by atomic mass is 10.1. The Morgan fingerprint density at radius 2 is 1.74 bits per heavy atom. The molecule has 2 aliphatic rings. The zero-order valence-electron chi connectivity index (χ0n) is 13.8. The predicted octanol–water partition coefficient (Wildman–Crippen LogP) is 4.98. The lowest BCUT2D eigenvalue weighted by Crippen LogP contribution is -2.40. The second kappa shape index (κ2) is 5.04. The van der Waals surface area contributed by atoms with Gasteiger partial charge in [-0.3, -0.25) is 0 Å². The molecule has 0 aliphatic carbocycles. The Balaban J connectivity index is 2.36. The van der Waals surface area contributed by atoms with E-state index in [0.29, 0.717) is 0 Å². The maximum absolute atomic E-state index is 4.94. The van der Waals surface area contributed by atoms with Crippen LogP contribution in [-0.4, -0.2) is 17.6 Å². The van der Waals surface area contributed by atoms with Gasteiger partial charge >= 0.3 is 0 Å². The van der Waals surface area contributed by atoms with Crippen LogP contribution in [0.2, 0.25) is 19.6 Å². The summed E-state index contributed by atoms with van der Waals surface area (Å²) in [6, 6.07) is 15.3. The van der Waals surface area contributed by atoms with Crippen molar-refractivity contribution in [2.45, 2.75) is 19.6 Å². The molecule has 4 heteroatoms. The Hall–Kier alpha value is -1.40. The minimum absolute atomic E-state index is 1.10. The van der Waals surface area contributed by atoms with Gasteiger partial charge in [-0.2, -0.15) is 0 Å². The molecule has 0 amide bonds. The van der Waals surface area contributed by atoms with Crippen LogP contribution in [0.1, 0.15) is 0 Å². The standard InChI is InChI=1S/C19H19IN2Si/c1-22-16-10-9-12(20)11-14(16)18(23(2,3)4)17-13-7-5-6-8-15(13)21-19(17)22/h5-11H,1-4H3. The van der Waals surface area contributed by atoms with Gasteiger partial charge in [-0.25, -0.2) is 4.98 Å². The zero-order chi connectivity index (χ0) is 16.4. The van der Waals surface area contributed by atoms with Crippen LogP contribution in [0.5, 0.6) is 0 Å². The molecule has 2 aliphatic heterocycles. The second-order valence-corrected chi connectivity index (χ2v) is 13.4. The van der Waals surface area contributed by atoms with Gasteiger partial charge < -0.3 is 4.57 Å². The van der Waals surface area contributed by atoms with Crippen molar-refractivity contribution in [2.24, 2.45) is 7.05 Å². The summed E-state index contributed by atoms with van der Waals surface area (Å²) in [5.74, 6) is 1.11. The molecule has 0 saturated heterocycles. The number of fused-ring (bicyclic) bond motifs is 4. The highest BCUT2D eigenvalue weighted by Crippen LogP contribution is 2.35. The van der Waals surface area contributed by atoms with Gasteiger partial charge in [0.15, 0.2) is 0 Å². The number of nitrogens with zero attached hydrogens (tertiary/aromatic N) is 2. The molecule has 2 aromatic rings. The topological polar surface area (TPSA) is 17.8 Å². The van der Waals surface area contributed by atoms with Crippen LogP contribution >= 0.6 is 22.6 Å². The van der Waals surface area contributed by atoms with Crippen LogP contribution in [0.3, 0.4) is 0 Å². The van der Waals surface area contributed by atoms with E-state index in [4.69, 9.17) is 4.98 Å². The molecule has 4 rings (SSSR count). The largest absolute Gasteiger partial charge is 0.328 e. The number of hydrogen-bond acceptors (Lipinski definition) is 1. The first-order valence-electron chi connectivity index (χ1n) is 7.85. The lowest BCUT2D eigenvalue weighted by molar-refractivity contribution is 0.940. The maximum Gasteiger partial charge on any atom is 0.141 e. The first-order valence-corrected chi connectivity index (χ1v) is 12.4. The minimum Gasteiger partial charge on any atom is -0.328 e. The molecule has 0 atom stereocenters. The minimum atomic E-state index is -1.55. The summed E-state index contributed by atoms with van der Waals surface area (Å²) >= 11 is 2.42. The van der Waals surface area contributed by atoms with Crippen LogP contribution in [-0.2, 0) is 7.05 Å². The molecular weight excluding hydrogens is 411 g/mol. The van der Waals surface area contributed by atoms with Gasteiger partial charge in [0, 0.05) is 27.1 Å². The molecule has 2 aromatic carbocycles. The highest BCUT2D eigenvalue weighted by Gasteiger charge is 2.29. The van der Waals surface area contributed by atoms with Gasteiger partial charge in [0.05, 0.1) is 13.6 Å². The van der Waals surface area contributed by atoms with E-state index in [2.05, 4.69) is 96.3 Å². The Labute approximate surface area is 151 Å². The second-order valence-electron chi connectivity index (χ2n) is 7.17. The van der Waals surface area contributed by atoms with E-state index in [-0.39, 0.29) is 0 Å². The Kier molecular flexibility index (Phi) is 3.32. The fraction of sp³-hybridized carbons (Fsp3) is 0.211. The summed E-state index contributed by atoms with van der Waals surface area (Å²) in [5.41, 5.74) is 3.73. The third-order valence-corrected chi connectivity index (χ3v) is 7.22. The smallest absolute Gasteiger partial charge is 0.141 e. The van der Waals surface area contributed by atoms with Crippen LogP contribution in [0.25, 0.3) is 33.2 Å². The first kappa shape index (κ1) is 15.1. The van der Waals surface area contributed by atoms with E-state index in [1.165, 1.54) is 30.6 Å². The van der Waals surface area contributed by atoms with E-state index in [9.17, 15) is 0 Å². The van der Waals surface area contributed by atoms with Gasteiger partial charge in [-0.15, -0.1) is 0 Å². The van der Waals surface area contributed by atoms with E-state index in [1.54, 1.807) is 0 Å². The van der Waals surface area contributed by atoms with Crippen molar-refractivity contribution in [1.29, 1.82) is 0 Å². The molecule has 2 nitrogen and oxygen atoms in total. The molecule has 0 bridgehead atoms. The lowest BCUT2D eigenvalue weighted by Gasteiger charge is -2.25. The number of pyridine rings is 1. The van der Waals surface area contributed by atoms with Crippen molar-refractivity contribution in [3.05, 3.63) is 46.0 Å². The molecule has 0 N–H and O–H groups in total. The van der Waals surface area contributed by atoms with Gasteiger partial charge in [-0.1, -0.05) is 37.8 Å². The van der Waals surface area contributed by atoms with Gasteiger partial charge in [0.2, 0.25) is 0 Å². The van der Waals surface area contributed by atoms with Gasteiger partial charge in [0.1, 0.15) is 5.82 Å². The number of halogens is 1. The van der Waals surface area contributed by atoms with E-state index in [1.807, 2.05) is 0 Å². The third-order valence-electron chi connectivity index (χ3n) is 4.53. The average molecular weight is 430 g/mol. The summed E-state index contributed by atoms with van der Waals surface area (Å²) in [6.07, 6.45) is 0. The third kappa shape index (κ3) is 2.22. The monoisotopic (exact) mass is 430 g/mol. The molecular formula is C19H19IN2Si. The van der Waals surface area contributed by atoms with Crippen molar-refractivity contribution in [1.82, 2.24) is 9.55 Å². The molecule has 116 valence electrons. The summed E-state index contributed by atoms with van der Waals surface area (Å²) in [6.45, 7) is 7.30. The van der Waals surface area contributed by atoms with Crippen molar-refractivity contribution in [2.75, 3.05) is 0 Å². The number of rotatable bonds is 1.